The van der Waals surface area contributed by atoms with E-state index in [1.165, 1.54) is 10.4 Å². The maximum Gasteiger partial charge on any atom is 0.336 e. The minimum atomic E-state index is -2.21. The molecule has 0 unspecified atom stereocenters. The van der Waals surface area contributed by atoms with E-state index in [-0.39, 0.29) is 12.1 Å². The number of hydrogen-bond acceptors (Lipinski definition) is 3. The Balaban J connectivity index is 2.06. The lowest BCUT2D eigenvalue weighted by atomic mass is 9.87. The molecule has 0 amide bonds. The highest BCUT2D eigenvalue weighted by Gasteiger charge is 2.41. The average Bonchev–Trinajstić information content (AvgIpc) is 2.78. The summed E-state index contributed by atoms with van der Waals surface area (Å²) < 4.78 is 2.07. The molecule has 1 aliphatic heterocycles. The van der Waals surface area contributed by atoms with Gasteiger partial charge in [0.15, 0.2) is 5.71 Å². The Bertz CT molecular complexity index is 1340. The Morgan fingerprint density at radius 2 is 1.71 bits per heavy atom. The highest BCUT2D eigenvalue weighted by molar-refractivity contribution is 6.98. The fourth-order valence-corrected chi connectivity index (χ4v) is 7.88. The van der Waals surface area contributed by atoms with Crippen molar-refractivity contribution in [3.05, 3.63) is 88.2 Å². The first kappa shape index (κ1) is 23.4. The molecular formula is C27H29N2O4Si+. The van der Waals surface area contributed by atoms with Gasteiger partial charge in [-0.1, -0.05) is 37.4 Å². The van der Waals surface area contributed by atoms with Crippen LogP contribution in [0.15, 0.2) is 71.5 Å². The quantitative estimate of drug-likeness (QED) is 0.514. The van der Waals surface area contributed by atoms with Crippen LogP contribution in [0, 0.1) is 0 Å². The van der Waals surface area contributed by atoms with Crippen LogP contribution in [0.2, 0.25) is 13.1 Å². The van der Waals surface area contributed by atoms with Gasteiger partial charge in [-0.2, -0.15) is 0 Å². The molecule has 4 rings (SSSR count). The second-order valence-electron chi connectivity index (χ2n) is 9.45. The monoisotopic (exact) mass is 473 g/mol. The molecule has 0 atom stereocenters. The molecule has 0 aromatic heterocycles. The summed E-state index contributed by atoms with van der Waals surface area (Å²) in [4.78, 5) is 25.2. The summed E-state index contributed by atoms with van der Waals surface area (Å²) in [6, 6.07) is 13.2. The van der Waals surface area contributed by atoms with Crippen LogP contribution in [0.1, 0.15) is 21.5 Å². The molecule has 1 heterocycles. The molecule has 2 N–H and O–H groups in total. The van der Waals surface area contributed by atoms with Crippen LogP contribution in [-0.4, -0.2) is 68.2 Å². The molecule has 0 saturated carbocycles. The number of carboxylic acids is 2. The van der Waals surface area contributed by atoms with Gasteiger partial charge in [-0.3, -0.25) is 4.79 Å². The van der Waals surface area contributed by atoms with Crippen molar-refractivity contribution >= 4 is 42.2 Å². The smallest absolute Gasteiger partial charge is 0.336 e. The Kier molecular flexibility index (Phi) is 5.91. The van der Waals surface area contributed by atoms with Gasteiger partial charge in [0, 0.05) is 24.9 Å². The summed E-state index contributed by atoms with van der Waals surface area (Å²) in [5.74, 6) is -1.85. The van der Waals surface area contributed by atoms with Crippen LogP contribution in [0.4, 0.5) is 5.69 Å². The van der Waals surface area contributed by atoms with Gasteiger partial charge in [0.05, 0.1) is 5.56 Å². The first-order valence-corrected chi connectivity index (χ1v) is 14.1. The number of allylic oxidation sites excluding steroid dienone is 5. The number of hydrogen-bond donors (Lipinski definition) is 2. The Morgan fingerprint density at radius 3 is 2.35 bits per heavy atom. The summed E-state index contributed by atoms with van der Waals surface area (Å²) in [6.45, 7) is 4.50. The molecule has 2 aromatic rings. The first-order valence-electron chi connectivity index (χ1n) is 11.1. The molecule has 0 spiro atoms. The SMILES string of the molecule is CN(CC(=O)O)c1ccc2c(c1)[Si](C)(C)C1=CC(=[N+](C)C)C=CC1=C2c1ccccc1C(=O)O. The Hall–Kier alpha value is -3.71. The number of nitrogens with zero attached hydrogens (tertiary/aromatic N) is 2. The number of benzene rings is 2. The van der Waals surface area contributed by atoms with Gasteiger partial charge in [0.1, 0.15) is 28.7 Å². The number of anilines is 1. The lowest BCUT2D eigenvalue weighted by Gasteiger charge is -2.38. The molecule has 2 aromatic carbocycles. The summed E-state index contributed by atoms with van der Waals surface area (Å²) in [7, 11) is 3.58. The number of fused-ring (bicyclic) bond motifs is 2. The van der Waals surface area contributed by atoms with Crippen molar-refractivity contribution in [1.82, 2.24) is 0 Å². The molecule has 6 nitrogen and oxygen atoms in total. The number of carbonyl (C=O) groups is 2. The van der Waals surface area contributed by atoms with E-state index < -0.39 is 20.0 Å². The van der Waals surface area contributed by atoms with Crippen molar-refractivity contribution in [3.8, 4) is 0 Å². The van der Waals surface area contributed by atoms with E-state index in [9.17, 15) is 19.8 Å². The minimum Gasteiger partial charge on any atom is -0.480 e. The normalized spacial score (nSPS) is 15.9. The second kappa shape index (κ2) is 8.57. The molecule has 0 radical (unpaired) electrons. The van der Waals surface area contributed by atoms with Gasteiger partial charge >= 0.3 is 11.9 Å². The number of aromatic carboxylic acids is 1. The van der Waals surface area contributed by atoms with Crippen LogP contribution in [0.25, 0.3) is 5.57 Å². The van der Waals surface area contributed by atoms with Gasteiger partial charge in [-0.15, -0.1) is 0 Å². The summed E-state index contributed by atoms with van der Waals surface area (Å²) in [6.07, 6.45) is 6.41. The highest BCUT2D eigenvalue weighted by Crippen LogP contribution is 2.42. The Labute approximate surface area is 200 Å². The maximum absolute atomic E-state index is 12.1. The molecule has 174 valence electrons. The van der Waals surface area contributed by atoms with E-state index >= 15 is 0 Å². The number of carboxylic acid groups (broad SMARTS) is 2. The van der Waals surface area contributed by atoms with Crippen molar-refractivity contribution < 1.29 is 24.4 Å². The second-order valence-corrected chi connectivity index (χ2v) is 13.8. The molecule has 0 bridgehead atoms. The first-order chi connectivity index (χ1) is 16.0. The third kappa shape index (κ3) is 3.92. The largest absolute Gasteiger partial charge is 0.480 e. The fraction of sp³-hybridized carbons (Fsp3) is 0.222. The van der Waals surface area contributed by atoms with Crippen LogP contribution in [0.3, 0.4) is 0 Å². The van der Waals surface area contributed by atoms with Gasteiger partial charge < -0.3 is 15.1 Å². The van der Waals surface area contributed by atoms with E-state index in [0.29, 0.717) is 5.56 Å². The topological polar surface area (TPSA) is 80.9 Å². The molecule has 7 heteroatoms. The zero-order valence-electron chi connectivity index (χ0n) is 20.1. The average molecular weight is 474 g/mol. The molecule has 0 fully saturated rings. The van der Waals surface area contributed by atoms with E-state index in [2.05, 4.69) is 42.0 Å². The molecular weight excluding hydrogens is 444 g/mol. The van der Waals surface area contributed by atoms with E-state index in [0.717, 1.165) is 28.1 Å². The summed E-state index contributed by atoms with van der Waals surface area (Å²) >= 11 is 0. The van der Waals surface area contributed by atoms with Crippen molar-refractivity contribution in [2.24, 2.45) is 0 Å². The van der Waals surface area contributed by atoms with Crippen molar-refractivity contribution in [1.29, 1.82) is 0 Å². The number of likely N-dealkylation sites (N-methyl/N-ethyl adjacent to an activating group) is 1. The maximum atomic E-state index is 12.1. The van der Waals surface area contributed by atoms with E-state index in [4.69, 9.17) is 0 Å². The number of rotatable bonds is 5. The molecule has 34 heavy (non-hydrogen) atoms. The van der Waals surface area contributed by atoms with Crippen molar-refractivity contribution in [3.63, 3.8) is 0 Å². The predicted octanol–water partition coefficient (Wildman–Crippen LogP) is 3.39. The van der Waals surface area contributed by atoms with Crippen molar-refractivity contribution in [2.75, 3.05) is 32.6 Å². The molecule has 0 saturated heterocycles. The minimum absolute atomic E-state index is 0.0967. The van der Waals surface area contributed by atoms with Gasteiger partial charge in [-0.25, -0.2) is 9.37 Å². The van der Waals surface area contributed by atoms with E-state index in [1.54, 1.807) is 24.1 Å². The lowest BCUT2D eigenvalue weighted by molar-refractivity contribution is -0.462. The Morgan fingerprint density at radius 1 is 1.00 bits per heavy atom. The predicted molar refractivity (Wildman–Crippen MR) is 138 cm³/mol. The lowest BCUT2D eigenvalue weighted by Crippen LogP contribution is -2.50. The third-order valence-corrected chi connectivity index (χ3v) is 10.2. The summed E-state index contributed by atoms with van der Waals surface area (Å²) in [5, 5.41) is 21.6. The highest BCUT2D eigenvalue weighted by atomic mass is 28.3. The van der Waals surface area contributed by atoms with Gasteiger partial charge in [0.2, 0.25) is 0 Å². The fourth-order valence-electron chi connectivity index (χ4n) is 4.81. The summed E-state index contributed by atoms with van der Waals surface area (Å²) in [5.41, 5.74) is 5.86. The molecule has 2 aliphatic rings. The van der Waals surface area contributed by atoms with Crippen molar-refractivity contribution in [2.45, 2.75) is 13.1 Å². The van der Waals surface area contributed by atoms with Crippen LogP contribution >= 0.6 is 0 Å². The van der Waals surface area contributed by atoms with Gasteiger partial charge in [-0.05, 0) is 56.9 Å². The van der Waals surface area contributed by atoms with Gasteiger partial charge in [0.25, 0.3) is 0 Å². The standard InChI is InChI=1S/C27H28N2O4Si/c1-28(2)17-10-12-21-23(14-17)34(4,5)24-15-18(29(3)16-25(30)31)11-13-22(24)26(21)19-8-6-7-9-20(19)27(32)33/h6-15H,16H2,1-5H3,(H-,30,31,32,33)/p+1. The zero-order valence-corrected chi connectivity index (χ0v) is 21.1. The zero-order chi connectivity index (χ0) is 24.8. The third-order valence-electron chi connectivity index (χ3n) is 6.65. The van der Waals surface area contributed by atoms with Crippen LogP contribution in [-0.2, 0) is 4.79 Å². The van der Waals surface area contributed by atoms with E-state index in [1.807, 2.05) is 38.4 Å². The van der Waals surface area contributed by atoms with Crippen LogP contribution in [0.5, 0.6) is 0 Å². The molecule has 1 aliphatic carbocycles. The van der Waals surface area contributed by atoms with Crippen LogP contribution < -0.4 is 10.1 Å². The number of aliphatic carboxylic acids is 1.